The zero-order valence-corrected chi connectivity index (χ0v) is 18.9. The minimum Gasteiger partial charge on any atom is -0.414 e. The van der Waals surface area contributed by atoms with Crippen molar-refractivity contribution in [3.8, 4) is 0 Å². The number of hydrogen-bond acceptors (Lipinski definition) is 4. The second-order valence-electron chi connectivity index (χ2n) is 9.92. The molecule has 23 heavy (non-hydrogen) atoms. The Morgan fingerprint density at radius 2 is 1.48 bits per heavy atom. The van der Waals surface area contributed by atoms with Crippen molar-refractivity contribution in [1.82, 2.24) is 0 Å². The Bertz CT molecular complexity index is 410. The summed E-state index contributed by atoms with van der Waals surface area (Å²) >= 11 is 0. The molecule has 0 aromatic carbocycles. The Morgan fingerprint density at radius 3 is 1.91 bits per heavy atom. The summed E-state index contributed by atoms with van der Waals surface area (Å²) in [4.78, 5) is 0. The van der Waals surface area contributed by atoms with Crippen molar-refractivity contribution in [2.75, 3.05) is 6.61 Å². The lowest BCUT2D eigenvalue weighted by Gasteiger charge is -2.41. The van der Waals surface area contributed by atoms with Crippen LogP contribution in [-0.2, 0) is 13.6 Å². The van der Waals surface area contributed by atoms with Crippen LogP contribution in [0.3, 0.4) is 0 Å². The molecule has 2 unspecified atom stereocenters. The van der Waals surface area contributed by atoms with E-state index in [4.69, 9.17) is 13.6 Å². The Balaban J connectivity index is 2.62. The first-order valence-electron chi connectivity index (χ1n) is 8.73. The molecule has 0 spiro atoms. The molecule has 0 radical (unpaired) electrons. The Morgan fingerprint density at radius 1 is 1.00 bits per heavy atom. The third-order valence-electron chi connectivity index (χ3n) is 5.79. The molecule has 4 nitrogen and oxygen atoms in total. The smallest absolute Gasteiger partial charge is 0.271 e. The van der Waals surface area contributed by atoms with E-state index in [1.165, 1.54) is 0 Å². The first kappa shape index (κ1) is 21.3. The van der Waals surface area contributed by atoms with Gasteiger partial charge >= 0.3 is 0 Å². The van der Waals surface area contributed by atoms with Gasteiger partial charge in [0.1, 0.15) is 0 Å². The van der Waals surface area contributed by atoms with Gasteiger partial charge in [0, 0.05) is 6.42 Å². The summed E-state index contributed by atoms with van der Waals surface area (Å²) < 4.78 is 18.2. The number of ether oxygens (including phenoxy) is 1. The Kier molecular flexibility index (Phi) is 6.06. The molecular weight excluding hydrogens is 324 g/mol. The summed E-state index contributed by atoms with van der Waals surface area (Å²) in [5, 5.41) is 10.9. The van der Waals surface area contributed by atoms with Gasteiger partial charge in [0.15, 0.2) is 16.6 Å². The van der Waals surface area contributed by atoms with Gasteiger partial charge in [-0.2, -0.15) is 0 Å². The van der Waals surface area contributed by atoms with Gasteiger partial charge in [-0.25, -0.2) is 0 Å². The predicted molar refractivity (Wildman–Crippen MR) is 100 cm³/mol. The summed E-state index contributed by atoms with van der Waals surface area (Å²) in [7, 11) is -3.86. The van der Waals surface area contributed by atoms with Gasteiger partial charge in [0.25, 0.3) is 5.97 Å². The van der Waals surface area contributed by atoms with E-state index in [1.807, 2.05) is 0 Å². The molecule has 138 valence electrons. The van der Waals surface area contributed by atoms with E-state index in [0.717, 1.165) is 6.42 Å². The molecule has 6 heteroatoms. The van der Waals surface area contributed by atoms with Gasteiger partial charge in [0.05, 0.1) is 12.7 Å². The highest BCUT2D eigenvalue weighted by molar-refractivity contribution is 6.74. The van der Waals surface area contributed by atoms with Crippen LogP contribution in [0.15, 0.2) is 0 Å². The van der Waals surface area contributed by atoms with Gasteiger partial charge in [-0.05, 0) is 42.7 Å². The number of rotatable bonds is 5. The second-order valence-corrected chi connectivity index (χ2v) is 19.5. The van der Waals surface area contributed by atoms with E-state index in [1.54, 1.807) is 0 Å². The summed E-state index contributed by atoms with van der Waals surface area (Å²) in [5.41, 5.74) is 0. The molecule has 0 aromatic rings. The minimum absolute atomic E-state index is 0.0435. The maximum atomic E-state index is 10.7. The fourth-order valence-corrected chi connectivity index (χ4v) is 4.27. The van der Waals surface area contributed by atoms with Crippen molar-refractivity contribution in [3.63, 3.8) is 0 Å². The minimum atomic E-state index is -2.07. The lowest BCUT2D eigenvalue weighted by atomic mass is 10.2. The summed E-state index contributed by atoms with van der Waals surface area (Å²) in [6, 6.07) is 0. The maximum Gasteiger partial charge on any atom is 0.271 e. The highest BCUT2D eigenvalue weighted by atomic mass is 28.4. The topological polar surface area (TPSA) is 47.9 Å². The normalized spacial score (nSPS) is 27.5. The zero-order valence-electron chi connectivity index (χ0n) is 16.9. The largest absolute Gasteiger partial charge is 0.414 e. The molecule has 0 saturated carbocycles. The van der Waals surface area contributed by atoms with Gasteiger partial charge in [-0.3, -0.25) is 0 Å². The highest BCUT2D eigenvalue weighted by Crippen LogP contribution is 2.42. The van der Waals surface area contributed by atoms with Crippen LogP contribution < -0.4 is 0 Å². The van der Waals surface area contributed by atoms with E-state index in [0.29, 0.717) is 13.0 Å². The summed E-state index contributed by atoms with van der Waals surface area (Å²) in [5.74, 6) is -1.44. The van der Waals surface area contributed by atoms with E-state index in [9.17, 15) is 5.11 Å². The molecule has 1 aliphatic heterocycles. The first-order valence-corrected chi connectivity index (χ1v) is 14.6. The van der Waals surface area contributed by atoms with Crippen molar-refractivity contribution in [2.24, 2.45) is 0 Å². The van der Waals surface area contributed by atoms with Crippen LogP contribution in [-0.4, -0.2) is 40.4 Å². The van der Waals surface area contributed by atoms with Crippen LogP contribution in [0.1, 0.15) is 54.4 Å². The molecule has 0 aliphatic carbocycles. The van der Waals surface area contributed by atoms with Crippen molar-refractivity contribution in [2.45, 2.75) is 103 Å². The van der Waals surface area contributed by atoms with Crippen LogP contribution in [0.4, 0.5) is 0 Å². The molecule has 1 rings (SSSR count). The van der Waals surface area contributed by atoms with E-state index < -0.39 is 22.6 Å². The fourth-order valence-electron chi connectivity index (χ4n) is 1.98. The lowest BCUT2D eigenvalue weighted by Crippen LogP contribution is -2.50. The lowest BCUT2D eigenvalue weighted by molar-refractivity contribution is -0.316. The molecule has 1 N–H and O–H groups in total. The van der Waals surface area contributed by atoms with E-state index in [-0.39, 0.29) is 16.2 Å². The summed E-state index contributed by atoms with van der Waals surface area (Å²) in [6.07, 6.45) is 1.21. The Hall–Kier alpha value is 0.274. The third-order valence-corrected chi connectivity index (χ3v) is 14.7. The number of hydrogen-bond donors (Lipinski definition) is 1. The molecule has 1 aliphatic rings. The van der Waals surface area contributed by atoms with Crippen LogP contribution in [0, 0.1) is 0 Å². The molecule has 0 aromatic heterocycles. The maximum absolute atomic E-state index is 10.7. The van der Waals surface area contributed by atoms with Crippen LogP contribution >= 0.6 is 0 Å². The fraction of sp³-hybridized carbons (Fsp3) is 1.00. The second kappa shape index (κ2) is 6.54. The number of aliphatic hydroxyl groups is 1. The summed E-state index contributed by atoms with van der Waals surface area (Å²) in [6.45, 7) is 22.4. The third kappa shape index (κ3) is 5.37. The molecule has 0 bridgehead atoms. The van der Waals surface area contributed by atoms with Crippen molar-refractivity contribution in [1.29, 1.82) is 0 Å². The zero-order chi connectivity index (χ0) is 18.3. The van der Waals surface area contributed by atoms with Crippen molar-refractivity contribution >= 4 is 16.6 Å². The molecular formula is C17H38O4Si2. The van der Waals surface area contributed by atoms with Crippen LogP contribution in [0.5, 0.6) is 0 Å². The predicted octanol–water partition coefficient (Wildman–Crippen LogP) is 4.86. The van der Waals surface area contributed by atoms with E-state index in [2.05, 4.69) is 67.7 Å². The SMILES string of the molecule is CC(C)(C)[Si](C)(C)OCC1CCC(O)(O[Si](C)(C)C(C)(C)C)O1. The molecule has 0 amide bonds. The molecule has 1 heterocycles. The Labute approximate surface area is 145 Å². The highest BCUT2D eigenvalue weighted by Gasteiger charge is 2.49. The molecule has 1 saturated heterocycles. The van der Waals surface area contributed by atoms with Crippen molar-refractivity contribution in [3.05, 3.63) is 0 Å². The van der Waals surface area contributed by atoms with Crippen LogP contribution in [0.2, 0.25) is 36.3 Å². The standard InChI is InChI=1S/C17H38O4Si2/c1-15(2,3)22(7,8)19-13-14-11-12-17(18,20-14)21-23(9,10)16(4,5)6/h14,18H,11-13H2,1-10H3. The van der Waals surface area contributed by atoms with Crippen molar-refractivity contribution < 1.29 is 18.7 Å². The van der Waals surface area contributed by atoms with E-state index >= 15 is 0 Å². The molecule has 2 atom stereocenters. The average Bonchev–Trinajstić information content (AvgIpc) is 2.64. The quantitative estimate of drug-likeness (QED) is 0.561. The average molecular weight is 363 g/mol. The van der Waals surface area contributed by atoms with Gasteiger partial charge in [-0.15, -0.1) is 0 Å². The monoisotopic (exact) mass is 362 g/mol. The van der Waals surface area contributed by atoms with Crippen LogP contribution in [0.25, 0.3) is 0 Å². The van der Waals surface area contributed by atoms with Gasteiger partial charge < -0.3 is 18.7 Å². The molecule has 1 fully saturated rings. The first-order chi connectivity index (χ1) is 9.99. The van der Waals surface area contributed by atoms with Gasteiger partial charge in [0.2, 0.25) is 0 Å². The van der Waals surface area contributed by atoms with Gasteiger partial charge in [-0.1, -0.05) is 41.5 Å².